The third-order valence-corrected chi connectivity index (χ3v) is 1.42. The lowest BCUT2D eigenvalue weighted by atomic mass is 10.2. The van der Waals surface area contributed by atoms with E-state index < -0.39 is 0 Å². The Hall–Kier alpha value is -0.610. The fraction of sp³-hybridized carbons (Fsp3) is 0.833. The first-order chi connectivity index (χ1) is 4.93. The molecule has 1 fully saturated rings. The van der Waals surface area contributed by atoms with E-state index in [4.69, 9.17) is 4.84 Å². The number of hydrogen-bond donors (Lipinski definition) is 1. The second-order valence-electron chi connectivity index (χ2n) is 2.21. The summed E-state index contributed by atoms with van der Waals surface area (Å²) >= 11 is 0. The SMILES string of the molecule is O=[C]NN1CCCCCO1. The second-order valence-corrected chi connectivity index (χ2v) is 2.21. The maximum absolute atomic E-state index is 9.83. The summed E-state index contributed by atoms with van der Waals surface area (Å²) < 4.78 is 0. The van der Waals surface area contributed by atoms with Gasteiger partial charge in [-0.15, -0.1) is 0 Å². The Bertz CT molecular complexity index is 99.9. The normalized spacial score (nSPS) is 21.6. The van der Waals surface area contributed by atoms with Crippen molar-refractivity contribution in [1.29, 1.82) is 0 Å². The van der Waals surface area contributed by atoms with Gasteiger partial charge in [0.25, 0.3) is 0 Å². The van der Waals surface area contributed by atoms with Crippen molar-refractivity contribution in [2.75, 3.05) is 13.2 Å². The Labute approximate surface area is 60.1 Å². The lowest BCUT2D eigenvalue weighted by molar-refractivity contribution is -0.174. The van der Waals surface area contributed by atoms with Crippen LogP contribution in [0.5, 0.6) is 0 Å². The van der Waals surface area contributed by atoms with E-state index in [1.165, 1.54) is 5.17 Å². The van der Waals surface area contributed by atoms with Crippen molar-refractivity contribution in [3.8, 4) is 0 Å². The highest BCUT2D eigenvalue weighted by Gasteiger charge is 2.07. The molecule has 0 spiro atoms. The van der Waals surface area contributed by atoms with Crippen LogP contribution in [0.1, 0.15) is 19.3 Å². The first kappa shape index (κ1) is 7.50. The third kappa shape index (κ3) is 2.33. The molecular weight excluding hydrogens is 132 g/mol. The lowest BCUT2D eigenvalue weighted by Crippen LogP contribution is -2.36. The monoisotopic (exact) mass is 143 g/mol. The molecule has 0 unspecified atom stereocenters. The average molecular weight is 143 g/mol. The molecule has 1 rings (SSSR count). The molecule has 1 amide bonds. The Kier molecular flexibility index (Phi) is 3.18. The second kappa shape index (κ2) is 4.24. The topological polar surface area (TPSA) is 41.6 Å². The van der Waals surface area contributed by atoms with Crippen LogP contribution in [0.2, 0.25) is 0 Å². The summed E-state index contributed by atoms with van der Waals surface area (Å²) in [6.07, 6.45) is 4.86. The van der Waals surface area contributed by atoms with Crippen molar-refractivity contribution < 1.29 is 9.63 Å². The highest BCUT2D eigenvalue weighted by Crippen LogP contribution is 2.03. The summed E-state index contributed by atoms with van der Waals surface area (Å²) in [6, 6.07) is 0. The number of rotatable bonds is 2. The molecule has 0 bridgehead atoms. The van der Waals surface area contributed by atoms with Crippen molar-refractivity contribution in [3.05, 3.63) is 0 Å². The van der Waals surface area contributed by atoms with E-state index >= 15 is 0 Å². The molecule has 1 saturated heterocycles. The molecular formula is C6H11N2O2. The first-order valence-corrected chi connectivity index (χ1v) is 3.47. The molecule has 0 atom stereocenters. The lowest BCUT2D eigenvalue weighted by Gasteiger charge is -2.15. The number of hydrogen-bond acceptors (Lipinski definition) is 3. The number of amides is 1. The van der Waals surface area contributed by atoms with Gasteiger partial charge in [0, 0.05) is 6.54 Å². The van der Waals surface area contributed by atoms with Crippen LogP contribution < -0.4 is 5.43 Å². The first-order valence-electron chi connectivity index (χ1n) is 3.47. The van der Waals surface area contributed by atoms with Gasteiger partial charge in [0.1, 0.15) is 0 Å². The molecule has 0 aromatic carbocycles. The largest absolute Gasteiger partial charge is 0.326 e. The maximum Gasteiger partial charge on any atom is 0.326 e. The van der Waals surface area contributed by atoms with Crippen LogP contribution in [-0.2, 0) is 9.63 Å². The van der Waals surface area contributed by atoms with Crippen LogP contribution in [0.15, 0.2) is 0 Å². The molecule has 0 aromatic heterocycles. The van der Waals surface area contributed by atoms with Crippen molar-refractivity contribution in [3.63, 3.8) is 0 Å². The van der Waals surface area contributed by atoms with Crippen molar-refractivity contribution in [2.24, 2.45) is 0 Å². The van der Waals surface area contributed by atoms with E-state index in [-0.39, 0.29) is 0 Å². The van der Waals surface area contributed by atoms with E-state index in [2.05, 4.69) is 5.43 Å². The zero-order valence-corrected chi connectivity index (χ0v) is 5.80. The van der Waals surface area contributed by atoms with Crippen LogP contribution in [-0.4, -0.2) is 24.7 Å². The minimum atomic E-state index is 0.689. The van der Waals surface area contributed by atoms with E-state index in [1.807, 2.05) is 0 Å². The maximum atomic E-state index is 9.83. The Balaban J connectivity index is 2.21. The number of carbonyl (C=O) groups excluding carboxylic acids is 1. The van der Waals surface area contributed by atoms with Gasteiger partial charge in [0.2, 0.25) is 0 Å². The van der Waals surface area contributed by atoms with Gasteiger partial charge < -0.3 is 0 Å². The van der Waals surface area contributed by atoms with Crippen LogP contribution in [0, 0.1) is 0 Å². The molecule has 0 aromatic rings. The zero-order chi connectivity index (χ0) is 7.23. The summed E-state index contributed by atoms with van der Waals surface area (Å²) in [5.41, 5.74) is 2.33. The summed E-state index contributed by atoms with van der Waals surface area (Å²) in [5.74, 6) is 0. The fourth-order valence-electron chi connectivity index (χ4n) is 0.913. The molecule has 0 saturated carbocycles. The van der Waals surface area contributed by atoms with Gasteiger partial charge in [-0.25, -0.2) is 0 Å². The molecule has 1 heterocycles. The Morgan fingerprint density at radius 3 is 3.10 bits per heavy atom. The molecule has 1 radical (unpaired) electrons. The Morgan fingerprint density at radius 1 is 1.40 bits per heavy atom. The van der Waals surface area contributed by atoms with Gasteiger partial charge in [-0.3, -0.25) is 15.1 Å². The molecule has 1 aliphatic rings. The van der Waals surface area contributed by atoms with Crippen molar-refractivity contribution in [1.82, 2.24) is 10.6 Å². The van der Waals surface area contributed by atoms with Gasteiger partial charge >= 0.3 is 6.41 Å². The summed E-state index contributed by atoms with van der Waals surface area (Å²) in [4.78, 5) is 14.9. The van der Waals surface area contributed by atoms with Crippen molar-refractivity contribution >= 4 is 6.41 Å². The van der Waals surface area contributed by atoms with E-state index in [0.29, 0.717) is 6.61 Å². The predicted octanol–water partition coefficient (Wildman–Crippen LogP) is -0.0243. The average Bonchev–Trinajstić information content (AvgIpc) is 2.17. The minimum absolute atomic E-state index is 0.689. The van der Waals surface area contributed by atoms with Crippen molar-refractivity contribution in [2.45, 2.75) is 19.3 Å². The molecule has 10 heavy (non-hydrogen) atoms. The summed E-state index contributed by atoms with van der Waals surface area (Å²) in [5, 5.41) is 1.43. The van der Waals surface area contributed by atoms with E-state index in [1.54, 1.807) is 6.41 Å². The Morgan fingerprint density at radius 2 is 2.30 bits per heavy atom. The van der Waals surface area contributed by atoms with Gasteiger partial charge in [-0.05, 0) is 19.3 Å². The predicted molar refractivity (Wildman–Crippen MR) is 35.3 cm³/mol. The molecule has 1 aliphatic heterocycles. The number of hydroxylamine groups is 1. The number of nitrogens with one attached hydrogen (secondary N) is 1. The third-order valence-electron chi connectivity index (χ3n) is 1.42. The van der Waals surface area contributed by atoms with E-state index in [0.717, 1.165) is 25.8 Å². The van der Waals surface area contributed by atoms with Gasteiger partial charge in [0.15, 0.2) is 0 Å². The highest BCUT2D eigenvalue weighted by molar-refractivity contribution is 5.45. The molecule has 4 heteroatoms. The highest BCUT2D eigenvalue weighted by atomic mass is 16.7. The standard InChI is InChI=1S/C6H11N2O2/c9-6-7-8-4-2-1-3-5-10-8/h1-5H2,(H,7,9). The van der Waals surface area contributed by atoms with Crippen LogP contribution >= 0.6 is 0 Å². The summed E-state index contributed by atoms with van der Waals surface area (Å²) in [6.45, 7) is 1.45. The van der Waals surface area contributed by atoms with Crippen LogP contribution in [0.25, 0.3) is 0 Å². The molecule has 1 N–H and O–H groups in total. The van der Waals surface area contributed by atoms with Crippen LogP contribution in [0.3, 0.4) is 0 Å². The van der Waals surface area contributed by atoms with E-state index in [9.17, 15) is 4.79 Å². The van der Waals surface area contributed by atoms with Gasteiger partial charge in [-0.2, -0.15) is 0 Å². The molecule has 57 valence electrons. The smallest absolute Gasteiger partial charge is 0.279 e. The quantitative estimate of drug-likeness (QED) is 0.552. The fourth-order valence-corrected chi connectivity index (χ4v) is 0.913. The number of hydrazine groups is 1. The minimum Gasteiger partial charge on any atom is -0.279 e. The molecule has 0 aliphatic carbocycles. The molecule has 4 nitrogen and oxygen atoms in total. The van der Waals surface area contributed by atoms with Gasteiger partial charge in [0.05, 0.1) is 6.61 Å². The zero-order valence-electron chi connectivity index (χ0n) is 5.80. The van der Waals surface area contributed by atoms with Gasteiger partial charge in [-0.1, -0.05) is 5.17 Å². The summed E-state index contributed by atoms with van der Waals surface area (Å²) in [7, 11) is 0. The van der Waals surface area contributed by atoms with Crippen LogP contribution in [0.4, 0.5) is 0 Å². The number of nitrogens with zero attached hydrogens (tertiary/aromatic N) is 1.